The van der Waals surface area contributed by atoms with Crippen LogP contribution >= 0.6 is 0 Å². The Morgan fingerprint density at radius 1 is 1.21 bits per heavy atom. The molecule has 1 aromatic carbocycles. The summed E-state index contributed by atoms with van der Waals surface area (Å²) in [7, 11) is 0. The first-order valence-corrected chi connectivity index (χ1v) is 10.3. The standard InChI is InChI=1S/C21H31N7O/c1-5-22-21(24-13-11-19-26-20(15(2)3)27-29-19)23-12-8-14-28-16(4)25-17-9-6-7-10-18(17)28/h6-7,9-10,15H,5,8,11-14H2,1-4H3,(H2,22,23,24). The van der Waals surface area contributed by atoms with Crippen molar-refractivity contribution in [3.8, 4) is 0 Å². The summed E-state index contributed by atoms with van der Waals surface area (Å²) < 4.78 is 7.54. The highest BCUT2D eigenvalue weighted by Gasteiger charge is 2.09. The zero-order chi connectivity index (χ0) is 20.6. The van der Waals surface area contributed by atoms with Gasteiger partial charge in [-0.05, 0) is 32.4 Å². The number of aryl methyl sites for hydroxylation is 2. The quantitative estimate of drug-likeness (QED) is 0.327. The molecule has 0 fully saturated rings. The van der Waals surface area contributed by atoms with E-state index in [-0.39, 0.29) is 5.92 Å². The summed E-state index contributed by atoms with van der Waals surface area (Å²) in [4.78, 5) is 13.7. The molecule has 29 heavy (non-hydrogen) atoms. The van der Waals surface area contributed by atoms with Gasteiger partial charge in [0.1, 0.15) is 5.82 Å². The Morgan fingerprint density at radius 3 is 2.79 bits per heavy atom. The first kappa shape index (κ1) is 20.8. The molecule has 2 N–H and O–H groups in total. The van der Waals surface area contributed by atoms with Gasteiger partial charge in [0.05, 0.1) is 11.0 Å². The fraction of sp³-hybridized carbons (Fsp3) is 0.524. The third-order valence-electron chi connectivity index (χ3n) is 4.63. The van der Waals surface area contributed by atoms with E-state index in [2.05, 4.69) is 81.2 Å². The van der Waals surface area contributed by atoms with Gasteiger partial charge in [0, 0.05) is 38.5 Å². The lowest BCUT2D eigenvalue weighted by Crippen LogP contribution is -2.38. The predicted molar refractivity (Wildman–Crippen MR) is 115 cm³/mol. The van der Waals surface area contributed by atoms with Crippen LogP contribution in [0, 0.1) is 6.92 Å². The molecule has 2 heterocycles. The number of rotatable bonds is 9. The molecule has 0 aliphatic carbocycles. The first-order valence-electron chi connectivity index (χ1n) is 10.3. The predicted octanol–water partition coefficient (Wildman–Crippen LogP) is 3.04. The van der Waals surface area contributed by atoms with E-state index in [0.29, 0.717) is 18.9 Å². The van der Waals surface area contributed by atoms with Crippen LogP contribution in [-0.2, 0) is 13.0 Å². The molecule has 8 heteroatoms. The number of imidazole rings is 1. The van der Waals surface area contributed by atoms with Gasteiger partial charge >= 0.3 is 0 Å². The Bertz CT molecular complexity index is 942. The van der Waals surface area contributed by atoms with Crippen LogP contribution in [-0.4, -0.2) is 45.3 Å². The maximum atomic E-state index is 5.28. The largest absolute Gasteiger partial charge is 0.357 e. The van der Waals surface area contributed by atoms with E-state index in [1.165, 1.54) is 5.52 Å². The summed E-state index contributed by atoms with van der Waals surface area (Å²) in [6.45, 7) is 11.4. The van der Waals surface area contributed by atoms with E-state index in [0.717, 1.165) is 49.2 Å². The van der Waals surface area contributed by atoms with Crippen LogP contribution in [0.3, 0.4) is 0 Å². The van der Waals surface area contributed by atoms with Crippen LogP contribution in [0.4, 0.5) is 0 Å². The minimum Gasteiger partial charge on any atom is -0.357 e. The molecule has 0 bridgehead atoms. The first-order chi connectivity index (χ1) is 14.1. The van der Waals surface area contributed by atoms with E-state index >= 15 is 0 Å². The summed E-state index contributed by atoms with van der Waals surface area (Å²) in [5.74, 6) is 3.53. The lowest BCUT2D eigenvalue weighted by molar-refractivity contribution is 0.371. The van der Waals surface area contributed by atoms with Gasteiger partial charge in [-0.1, -0.05) is 31.1 Å². The number of para-hydroxylation sites is 2. The van der Waals surface area contributed by atoms with Crippen LogP contribution in [0.25, 0.3) is 11.0 Å². The number of fused-ring (bicyclic) bond motifs is 1. The Morgan fingerprint density at radius 2 is 2.03 bits per heavy atom. The molecule has 156 valence electrons. The van der Waals surface area contributed by atoms with Crippen molar-refractivity contribution >= 4 is 17.0 Å². The molecule has 2 aromatic heterocycles. The number of aliphatic imine (C=N–C) groups is 1. The second kappa shape index (κ2) is 10.0. The van der Waals surface area contributed by atoms with E-state index in [4.69, 9.17) is 4.52 Å². The van der Waals surface area contributed by atoms with Crippen molar-refractivity contribution in [2.75, 3.05) is 19.6 Å². The zero-order valence-electron chi connectivity index (χ0n) is 17.8. The van der Waals surface area contributed by atoms with Gasteiger partial charge < -0.3 is 19.7 Å². The summed E-state index contributed by atoms with van der Waals surface area (Å²) in [6, 6.07) is 8.25. The molecule has 0 aliphatic heterocycles. The average Bonchev–Trinajstić information content (AvgIpc) is 3.29. The lowest BCUT2D eigenvalue weighted by atomic mass is 10.2. The monoisotopic (exact) mass is 397 g/mol. The van der Waals surface area contributed by atoms with Crippen molar-refractivity contribution in [3.05, 3.63) is 41.8 Å². The average molecular weight is 398 g/mol. The van der Waals surface area contributed by atoms with Gasteiger partial charge in [0.2, 0.25) is 5.89 Å². The molecular weight excluding hydrogens is 366 g/mol. The van der Waals surface area contributed by atoms with Gasteiger partial charge in [-0.2, -0.15) is 4.98 Å². The van der Waals surface area contributed by atoms with Crippen LogP contribution < -0.4 is 10.6 Å². The van der Waals surface area contributed by atoms with Crippen molar-refractivity contribution in [3.63, 3.8) is 0 Å². The summed E-state index contributed by atoms with van der Waals surface area (Å²) in [5.41, 5.74) is 2.23. The summed E-state index contributed by atoms with van der Waals surface area (Å²) in [6.07, 6.45) is 1.61. The minimum absolute atomic E-state index is 0.274. The summed E-state index contributed by atoms with van der Waals surface area (Å²) >= 11 is 0. The molecule has 3 aromatic rings. The second-order valence-corrected chi connectivity index (χ2v) is 7.29. The van der Waals surface area contributed by atoms with Crippen LogP contribution in [0.2, 0.25) is 0 Å². The summed E-state index contributed by atoms with van der Waals surface area (Å²) in [5, 5.41) is 10.6. The molecule has 0 spiro atoms. The van der Waals surface area contributed by atoms with Crippen LogP contribution in [0.1, 0.15) is 50.6 Å². The van der Waals surface area contributed by atoms with Crippen LogP contribution in [0.5, 0.6) is 0 Å². The third kappa shape index (κ3) is 5.56. The highest BCUT2D eigenvalue weighted by molar-refractivity contribution is 5.79. The topological polar surface area (TPSA) is 93.2 Å². The molecule has 0 unspecified atom stereocenters. The molecule has 0 atom stereocenters. The number of nitrogens with zero attached hydrogens (tertiary/aromatic N) is 5. The Labute approximate surface area is 171 Å². The molecule has 0 amide bonds. The highest BCUT2D eigenvalue weighted by Crippen LogP contribution is 2.15. The van der Waals surface area contributed by atoms with Gasteiger partial charge in [0.25, 0.3) is 0 Å². The molecular formula is C21H31N7O. The fourth-order valence-electron chi connectivity index (χ4n) is 3.13. The Balaban J connectivity index is 1.49. The number of benzene rings is 1. The van der Waals surface area contributed by atoms with Gasteiger partial charge in [-0.15, -0.1) is 0 Å². The molecule has 0 saturated carbocycles. The van der Waals surface area contributed by atoms with Gasteiger partial charge in [0.15, 0.2) is 11.8 Å². The minimum atomic E-state index is 0.274. The van der Waals surface area contributed by atoms with Crippen molar-refractivity contribution in [1.82, 2.24) is 30.3 Å². The Hall–Kier alpha value is -2.90. The maximum absolute atomic E-state index is 5.28. The van der Waals surface area contributed by atoms with Gasteiger partial charge in [-0.3, -0.25) is 4.99 Å². The molecule has 8 nitrogen and oxygen atoms in total. The van der Waals surface area contributed by atoms with Gasteiger partial charge in [-0.25, -0.2) is 4.98 Å². The number of hydrogen-bond acceptors (Lipinski definition) is 5. The van der Waals surface area contributed by atoms with Crippen molar-refractivity contribution in [2.24, 2.45) is 4.99 Å². The second-order valence-electron chi connectivity index (χ2n) is 7.29. The normalized spacial score (nSPS) is 12.1. The number of guanidine groups is 1. The molecule has 0 saturated heterocycles. The van der Waals surface area contributed by atoms with E-state index in [1.807, 2.05) is 6.07 Å². The Kier molecular flexibility index (Phi) is 7.21. The van der Waals surface area contributed by atoms with Crippen LogP contribution in [0.15, 0.2) is 33.8 Å². The SMILES string of the molecule is CCNC(=NCCCn1c(C)nc2ccccc21)NCCc1nc(C(C)C)no1. The van der Waals surface area contributed by atoms with E-state index in [9.17, 15) is 0 Å². The van der Waals surface area contributed by atoms with Crippen molar-refractivity contribution in [2.45, 2.75) is 53.0 Å². The smallest absolute Gasteiger partial charge is 0.228 e. The molecule has 0 radical (unpaired) electrons. The third-order valence-corrected chi connectivity index (χ3v) is 4.63. The highest BCUT2D eigenvalue weighted by atomic mass is 16.5. The number of nitrogens with one attached hydrogen (secondary N) is 2. The zero-order valence-corrected chi connectivity index (χ0v) is 17.8. The van der Waals surface area contributed by atoms with Crippen molar-refractivity contribution < 1.29 is 4.52 Å². The molecule has 3 rings (SSSR count). The van der Waals surface area contributed by atoms with E-state index < -0.39 is 0 Å². The van der Waals surface area contributed by atoms with E-state index in [1.54, 1.807) is 0 Å². The fourth-order valence-corrected chi connectivity index (χ4v) is 3.13. The number of hydrogen-bond donors (Lipinski definition) is 2. The maximum Gasteiger partial charge on any atom is 0.228 e. The lowest BCUT2D eigenvalue weighted by Gasteiger charge is -2.11. The molecule has 0 aliphatic rings. The number of aromatic nitrogens is 4. The van der Waals surface area contributed by atoms with Crippen molar-refractivity contribution in [1.29, 1.82) is 0 Å².